The van der Waals surface area contributed by atoms with Crippen LogP contribution in [0.25, 0.3) is 0 Å². The van der Waals surface area contributed by atoms with E-state index in [0.717, 1.165) is 19.3 Å². The van der Waals surface area contributed by atoms with E-state index in [4.69, 9.17) is 5.14 Å². The topological polar surface area (TPSA) is 101 Å². The summed E-state index contributed by atoms with van der Waals surface area (Å²) in [6.07, 6.45) is 2.96. The molecular formula is C11H15N3O3S. The van der Waals surface area contributed by atoms with Crippen molar-refractivity contribution in [3.8, 4) is 0 Å². The number of primary sulfonamides is 1. The van der Waals surface area contributed by atoms with Gasteiger partial charge in [0.2, 0.25) is 15.9 Å². The van der Waals surface area contributed by atoms with Crippen LogP contribution in [0.5, 0.6) is 0 Å². The molecule has 1 aliphatic carbocycles. The molecule has 0 bridgehead atoms. The number of anilines is 1. The van der Waals surface area contributed by atoms with E-state index in [1.165, 1.54) is 12.1 Å². The molecule has 1 aromatic carbocycles. The number of sulfonamides is 1. The van der Waals surface area contributed by atoms with Crippen LogP contribution < -0.4 is 16.0 Å². The van der Waals surface area contributed by atoms with Gasteiger partial charge in [0, 0.05) is 5.92 Å². The van der Waals surface area contributed by atoms with Crippen molar-refractivity contribution in [3.63, 3.8) is 0 Å². The van der Waals surface area contributed by atoms with Crippen molar-refractivity contribution < 1.29 is 13.2 Å². The quantitative estimate of drug-likeness (QED) is 0.696. The second-order valence-corrected chi connectivity index (χ2v) is 5.87. The highest BCUT2D eigenvalue weighted by Crippen LogP contribution is 2.26. The molecule has 2 rings (SSSR count). The molecule has 7 heteroatoms. The van der Waals surface area contributed by atoms with Crippen LogP contribution >= 0.6 is 0 Å². The van der Waals surface area contributed by atoms with E-state index in [9.17, 15) is 13.2 Å². The van der Waals surface area contributed by atoms with Gasteiger partial charge in [-0.05, 0) is 37.1 Å². The Hall–Kier alpha value is -1.60. The summed E-state index contributed by atoms with van der Waals surface area (Å²) in [7, 11) is -3.67. The molecule has 1 amide bonds. The molecule has 0 spiro atoms. The lowest BCUT2D eigenvalue weighted by Gasteiger charge is -2.24. The first kappa shape index (κ1) is 12.8. The Morgan fingerprint density at radius 1 is 1.22 bits per heavy atom. The lowest BCUT2D eigenvalue weighted by atomic mass is 9.85. The number of carbonyl (C=O) groups is 1. The average molecular weight is 269 g/mol. The minimum atomic E-state index is -3.67. The van der Waals surface area contributed by atoms with E-state index in [2.05, 4.69) is 10.9 Å². The van der Waals surface area contributed by atoms with Gasteiger partial charge in [-0.25, -0.2) is 13.6 Å². The maximum Gasteiger partial charge on any atom is 0.241 e. The maximum absolute atomic E-state index is 11.5. The summed E-state index contributed by atoms with van der Waals surface area (Å²) in [5, 5.41) is 4.98. The number of nitrogens with two attached hydrogens (primary N) is 1. The number of nitrogens with one attached hydrogen (secondary N) is 2. The molecule has 0 heterocycles. The highest BCUT2D eigenvalue weighted by atomic mass is 32.2. The van der Waals surface area contributed by atoms with E-state index < -0.39 is 10.0 Å². The molecule has 0 radical (unpaired) electrons. The third-order valence-electron chi connectivity index (χ3n) is 2.99. The predicted molar refractivity (Wildman–Crippen MR) is 66.9 cm³/mol. The molecule has 1 aromatic rings. The van der Waals surface area contributed by atoms with Gasteiger partial charge in [0.25, 0.3) is 0 Å². The van der Waals surface area contributed by atoms with Crippen LogP contribution in [-0.4, -0.2) is 14.3 Å². The number of hydrazine groups is 1. The lowest BCUT2D eigenvalue weighted by molar-refractivity contribution is -0.126. The van der Waals surface area contributed by atoms with Gasteiger partial charge in [0.05, 0.1) is 10.6 Å². The van der Waals surface area contributed by atoms with Crippen molar-refractivity contribution in [2.24, 2.45) is 11.1 Å². The Morgan fingerprint density at radius 3 is 2.28 bits per heavy atom. The van der Waals surface area contributed by atoms with Gasteiger partial charge in [-0.2, -0.15) is 0 Å². The monoisotopic (exact) mass is 269 g/mol. The van der Waals surface area contributed by atoms with E-state index in [1.54, 1.807) is 12.1 Å². The minimum absolute atomic E-state index is 0.0308. The van der Waals surface area contributed by atoms with Gasteiger partial charge in [-0.15, -0.1) is 0 Å². The number of carbonyl (C=O) groups excluding carboxylic acids is 1. The molecule has 0 saturated heterocycles. The average Bonchev–Trinajstić information content (AvgIpc) is 2.23. The fourth-order valence-electron chi connectivity index (χ4n) is 1.63. The molecular weight excluding hydrogens is 254 g/mol. The highest BCUT2D eigenvalue weighted by Gasteiger charge is 2.24. The fourth-order valence-corrected chi connectivity index (χ4v) is 2.15. The van der Waals surface area contributed by atoms with Crippen LogP contribution in [-0.2, 0) is 14.8 Å². The van der Waals surface area contributed by atoms with E-state index in [0.29, 0.717) is 5.69 Å². The minimum Gasteiger partial charge on any atom is -0.299 e. The zero-order valence-electron chi connectivity index (χ0n) is 9.72. The molecule has 0 aromatic heterocycles. The highest BCUT2D eigenvalue weighted by molar-refractivity contribution is 7.89. The summed E-state index contributed by atoms with van der Waals surface area (Å²) < 4.78 is 22.1. The van der Waals surface area contributed by atoms with Crippen LogP contribution in [0.4, 0.5) is 5.69 Å². The third-order valence-corrected chi connectivity index (χ3v) is 3.92. The van der Waals surface area contributed by atoms with Crippen molar-refractivity contribution in [1.29, 1.82) is 0 Å². The number of hydrogen-bond donors (Lipinski definition) is 3. The first-order valence-corrected chi connectivity index (χ1v) is 7.20. The Bertz CT molecular complexity index is 535. The molecule has 4 N–H and O–H groups in total. The Labute approximate surface area is 106 Å². The summed E-state index contributed by atoms with van der Waals surface area (Å²) in [5.41, 5.74) is 5.93. The largest absolute Gasteiger partial charge is 0.299 e. The lowest BCUT2D eigenvalue weighted by Crippen LogP contribution is -2.37. The summed E-state index contributed by atoms with van der Waals surface area (Å²) in [5.74, 6) is 0.0676. The molecule has 0 aliphatic heterocycles. The van der Waals surface area contributed by atoms with E-state index in [1.807, 2.05) is 0 Å². The van der Waals surface area contributed by atoms with Gasteiger partial charge in [-0.1, -0.05) is 6.42 Å². The summed E-state index contributed by atoms with van der Waals surface area (Å²) in [6, 6.07) is 5.85. The maximum atomic E-state index is 11.5. The molecule has 0 atom stereocenters. The molecule has 6 nitrogen and oxygen atoms in total. The second-order valence-electron chi connectivity index (χ2n) is 4.31. The van der Waals surface area contributed by atoms with Gasteiger partial charge in [0.15, 0.2) is 0 Å². The van der Waals surface area contributed by atoms with Crippen LogP contribution in [0.2, 0.25) is 0 Å². The van der Waals surface area contributed by atoms with Gasteiger partial charge in [-0.3, -0.25) is 15.6 Å². The van der Waals surface area contributed by atoms with Crippen LogP contribution in [0, 0.1) is 5.92 Å². The SMILES string of the molecule is NS(=O)(=O)c1ccc(NNC(=O)C2CCC2)cc1. The second kappa shape index (κ2) is 4.95. The fraction of sp³-hybridized carbons (Fsp3) is 0.364. The molecule has 1 saturated carbocycles. The zero-order chi connectivity index (χ0) is 13.2. The van der Waals surface area contributed by atoms with Crippen molar-refractivity contribution in [3.05, 3.63) is 24.3 Å². The van der Waals surface area contributed by atoms with Crippen molar-refractivity contribution >= 4 is 21.6 Å². The van der Waals surface area contributed by atoms with Crippen molar-refractivity contribution in [2.45, 2.75) is 24.2 Å². The number of benzene rings is 1. The molecule has 98 valence electrons. The smallest absolute Gasteiger partial charge is 0.241 e. The Balaban J connectivity index is 1.92. The normalized spacial score (nSPS) is 15.8. The van der Waals surface area contributed by atoms with Crippen LogP contribution in [0.1, 0.15) is 19.3 Å². The van der Waals surface area contributed by atoms with Crippen LogP contribution in [0.15, 0.2) is 29.2 Å². The molecule has 0 unspecified atom stereocenters. The molecule has 1 aliphatic rings. The van der Waals surface area contributed by atoms with E-state index in [-0.39, 0.29) is 16.7 Å². The summed E-state index contributed by atoms with van der Waals surface area (Å²) in [4.78, 5) is 11.6. The van der Waals surface area contributed by atoms with E-state index >= 15 is 0 Å². The summed E-state index contributed by atoms with van der Waals surface area (Å²) in [6.45, 7) is 0. The van der Waals surface area contributed by atoms with Crippen LogP contribution in [0.3, 0.4) is 0 Å². The first-order valence-electron chi connectivity index (χ1n) is 5.65. The third kappa shape index (κ3) is 2.99. The van der Waals surface area contributed by atoms with Crippen molar-refractivity contribution in [1.82, 2.24) is 5.43 Å². The Morgan fingerprint density at radius 2 is 1.83 bits per heavy atom. The molecule has 18 heavy (non-hydrogen) atoms. The van der Waals surface area contributed by atoms with Gasteiger partial charge < -0.3 is 0 Å². The number of amides is 1. The Kier molecular flexibility index (Phi) is 3.53. The standard InChI is InChI=1S/C11H15N3O3S/c12-18(16,17)10-6-4-9(5-7-10)13-14-11(15)8-2-1-3-8/h4-8,13H,1-3H2,(H,14,15)(H2,12,16,17). The number of hydrogen-bond acceptors (Lipinski definition) is 4. The zero-order valence-corrected chi connectivity index (χ0v) is 10.5. The predicted octanol–water partition coefficient (Wildman–Crippen LogP) is 0.577. The molecule has 1 fully saturated rings. The van der Waals surface area contributed by atoms with Gasteiger partial charge >= 0.3 is 0 Å². The first-order chi connectivity index (χ1) is 8.47. The number of rotatable bonds is 4. The summed E-state index contributed by atoms with van der Waals surface area (Å²) >= 11 is 0. The van der Waals surface area contributed by atoms with Crippen molar-refractivity contribution in [2.75, 3.05) is 5.43 Å². The van der Waals surface area contributed by atoms with Gasteiger partial charge in [0.1, 0.15) is 0 Å².